The van der Waals surface area contributed by atoms with E-state index in [1.54, 1.807) is 7.11 Å². The van der Waals surface area contributed by atoms with Gasteiger partial charge < -0.3 is 19.6 Å². The van der Waals surface area contributed by atoms with E-state index in [2.05, 4.69) is 17.0 Å². The van der Waals surface area contributed by atoms with Gasteiger partial charge in [-0.25, -0.2) is 0 Å². The van der Waals surface area contributed by atoms with Crippen LogP contribution >= 0.6 is 0 Å². The predicted molar refractivity (Wildman–Crippen MR) is 122 cm³/mol. The summed E-state index contributed by atoms with van der Waals surface area (Å²) < 4.78 is 5.32. The van der Waals surface area contributed by atoms with Crippen LogP contribution in [0.15, 0.2) is 54.6 Å². The third-order valence-corrected chi connectivity index (χ3v) is 6.86. The Morgan fingerprint density at radius 1 is 1.16 bits per heavy atom. The summed E-state index contributed by atoms with van der Waals surface area (Å²) in [6.07, 6.45) is 2.64. The number of rotatable bonds is 8. The molecule has 1 aliphatic heterocycles. The number of piperidine rings is 1. The molecule has 1 heterocycles. The van der Waals surface area contributed by atoms with Gasteiger partial charge in [0.15, 0.2) is 0 Å². The molecule has 5 heteroatoms. The Labute approximate surface area is 185 Å². The maximum atomic E-state index is 12.9. The van der Waals surface area contributed by atoms with Crippen molar-refractivity contribution < 1.29 is 14.6 Å². The molecule has 2 aliphatic rings. The molecule has 2 fully saturated rings. The molecule has 0 aromatic heterocycles. The Hall–Kier alpha value is -2.37. The first kappa shape index (κ1) is 21.8. The second-order valence-corrected chi connectivity index (χ2v) is 9.11. The highest BCUT2D eigenvalue weighted by atomic mass is 16.5. The first-order valence-corrected chi connectivity index (χ1v) is 11.4. The molecular weight excluding hydrogens is 388 g/mol. The zero-order chi connectivity index (χ0) is 21.8. The summed E-state index contributed by atoms with van der Waals surface area (Å²) in [7, 11) is 3.63. The van der Waals surface area contributed by atoms with Gasteiger partial charge >= 0.3 is 0 Å². The highest BCUT2D eigenvalue weighted by molar-refractivity contribution is 5.82. The van der Waals surface area contributed by atoms with Crippen LogP contribution in [0.5, 0.6) is 5.75 Å². The van der Waals surface area contributed by atoms with Crippen molar-refractivity contribution in [3.05, 3.63) is 65.7 Å². The van der Waals surface area contributed by atoms with E-state index < -0.39 is 6.10 Å². The molecular formula is C26H34N2O3. The van der Waals surface area contributed by atoms with Crippen LogP contribution in [0.1, 0.15) is 42.4 Å². The fraction of sp³-hybridized carbons (Fsp3) is 0.500. The molecule has 0 bridgehead atoms. The molecule has 2 aromatic rings. The maximum Gasteiger partial charge on any atom is 0.226 e. The van der Waals surface area contributed by atoms with Crippen molar-refractivity contribution in [3.8, 4) is 5.75 Å². The number of hydrogen-bond acceptors (Lipinski definition) is 4. The van der Waals surface area contributed by atoms with E-state index in [0.29, 0.717) is 18.4 Å². The molecule has 1 saturated carbocycles. The highest BCUT2D eigenvalue weighted by Crippen LogP contribution is 2.49. The van der Waals surface area contributed by atoms with Crippen LogP contribution < -0.4 is 4.74 Å². The van der Waals surface area contributed by atoms with Gasteiger partial charge in [0.1, 0.15) is 5.75 Å². The van der Waals surface area contributed by atoms with E-state index in [9.17, 15) is 9.90 Å². The van der Waals surface area contributed by atoms with Crippen LogP contribution in [0.4, 0.5) is 0 Å². The molecule has 4 rings (SSSR count). The highest BCUT2D eigenvalue weighted by Gasteiger charge is 2.45. The number of aliphatic hydroxyl groups excluding tert-OH is 1. The van der Waals surface area contributed by atoms with Crippen molar-refractivity contribution in [1.29, 1.82) is 0 Å². The number of nitrogens with zero attached hydrogens (tertiary/aromatic N) is 2. The molecule has 2 aromatic carbocycles. The lowest BCUT2D eigenvalue weighted by Gasteiger charge is -2.35. The van der Waals surface area contributed by atoms with Crippen LogP contribution in [0, 0.1) is 11.8 Å². The van der Waals surface area contributed by atoms with Gasteiger partial charge in [-0.3, -0.25) is 4.79 Å². The summed E-state index contributed by atoms with van der Waals surface area (Å²) in [6.45, 7) is 3.46. The summed E-state index contributed by atoms with van der Waals surface area (Å²) in [5.74, 6) is 2.10. The van der Waals surface area contributed by atoms with Gasteiger partial charge in [-0.1, -0.05) is 42.5 Å². The van der Waals surface area contributed by atoms with Crippen molar-refractivity contribution in [2.24, 2.45) is 11.8 Å². The van der Waals surface area contributed by atoms with E-state index in [-0.39, 0.29) is 11.8 Å². The topological polar surface area (TPSA) is 53.0 Å². The average molecular weight is 423 g/mol. The molecule has 3 unspecified atom stereocenters. The standard InChI is InChI=1S/C26H34N2O3/c1-27(26(30)24-16-23(24)21-9-6-10-22(15-21)31-2)17-19-11-13-28(14-12-19)18-25(29)20-7-4-3-5-8-20/h3-10,15,19,23-25,29H,11-14,16-18H2,1-2H3. The molecule has 5 nitrogen and oxygen atoms in total. The lowest BCUT2D eigenvalue weighted by molar-refractivity contribution is -0.132. The lowest BCUT2D eigenvalue weighted by Crippen LogP contribution is -2.41. The van der Waals surface area contributed by atoms with E-state index >= 15 is 0 Å². The van der Waals surface area contributed by atoms with Gasteiger partial charge in [0.2, 0.25) is 5.91 Å². The minimum Gasteiger partial charge on any atom is -0.497 e. The molecule has 1 saturated heterocycles. The maximum absolute atomic E-state index is 12.9. The van der Waals surface area contributed by atoms with Crippen molar-refractivity contribution >= 4 is 5.91 Å². The van der Waals surface area contributed by atoms with E-state index in [1.807, 2.05) is 54.4 Å². The Balaban J connectivity index is 1.21. The van der Waals surface area contributed by atoms with Gasteiger partial charge in [-0.05, 0) is 67.4 Å². The predicted octanol–water partition coefficient (Wildman–Crippen LogP) is 3.70. The number of aliphatic hydroxyl groups is 1. The van der Waals surface area contributed by atoms with Crippen LogP contribution in [0.2, 0.25) is 0 Å². The van der Waals surface area contributed by atoms with Gasteiger partial charge in [-0.15, -0.1) is 0 Å². The minimum absolute atomic E-state index is 0.109. The van der Waals surface area contributed by atoms with Crippen molar-refractivity contribution in [2.45, 2.75) is 31.3 Å². The van der Waals surface area contributed by atoms with Crippen LogP contribution in [0.25, 0.3) is 0 Å². The average Bonchev–Trinajstić information content (AvgIpc) is 3.61. The summed E-state index contributed by atoms with van der Waals surface area (Å²) in [5.41, 5.74) is 2.18. The van der Waals surface area contributed by atoms with Gasteiger partial charge in [-0.2, -0.15) is 0 Å². The van der Waals surface area contributed by atoms with Crippen molar-refractivity contribution in [3.63, 3.8) is 0 Å². The summed E-state index contributed by atoms with van der Waals surface area (Å²) in [4.78, 5) is 17.2. The first-order valence-electron chi connectivity index (χ1n) is 11.4. The Morgan fingerprint density at radius 2 is 1.90 bits per heavy atom. The fourth-order valence-electron chi connectivity index (χ4n) is 4.85. The molecule has 1 amide bonds. The third-order valence-electron chi connectivity index (χ3n) is 6.86. The number of β-amino-alcohol motifs (C(OH)–C–C–N with tert-alkyl or cyclic N) is 1. The second kappa shape index (κ2) is 9.84. The lowest BCUT2D eigenvalue weighted by atomic mass is 9.95. The number of benzene rings is 2. The van der Waals surface area contributed by atoms with Crippen LogP contribution in [0.3, 0.4) is 0 Å². The van der Waals surface area contributed by atoms with E-state index in [4.69, 9.17) is 4.74 Å². The number of ether oxygens (including phenoxy) is 1. The number of likely N-dealkylation sites (tertiary alicyclic amines) is 1. The van der Waals surface area contributed by atoms with Crippen molar-refractivity contribution in [2.75, 3.05) is 40.3 Å². The fourth-order valence-corrected chi connectivity index (χ4v) is 4.85. The monoisotopic (exact) mass is 422 g/mol. The molecule has 1 aliphatic carbocycles. The van der Waals surface area contributed by atoms with E-state index in [0.717, 1.165) is 50.2 Å². The SMILES string of the molecule is COc1cccc(C2CC2C(=O)N(C)CC2CCN(CC(O)c3ccccc3)CC2)c1. The third kappa shape index (κ3) is 5.46. The van der Waals surface area contributed by atoms with Crippen LogP contribution in [-0.4, -0.2) is 61.2 Å². The Morgan fingerprint density at radius 3 is 2.61 bits per heavy atom. The molecule has 166 valence electrons. The Kier molecular flexibility index (Phi) is 6.93. The normalized spacial score (nSPS) is 22.7. The Bertz CT molecular complexity index is 864. The van der Waals surface area contributed by atoms with E-state index in [1.165, 1.54) is 5.56 Å². The minimum atomic E-state index is -0.439. The molecule has 0 spiro atoms. The number of hydrogen-bond donors (Lipinski definition) is 1. The quantitative estimate of drug-likeness (QED) is 0.705. The van der Waals surface area contributed by atoms with Crippen molar-refractivity contribution in [1.82, 2.24) is 9.80 Å². The zero-order valence-electron chi connectivity index (χ0n) is 18.6. The van der Waals surface area contributed by atoms with Gasteiger partial charge in [0.25, 0.3) is 0 Å². The summed E-state index contributed by atoms with van der Waals surface area (Å²) in [5, 5.41) is 10.5. The molecule has 31 heavy (non-hydrogen) atoms. The largest absolute Gasteiger partial charge is 0.497 e. The second-order valence-electron chi connectivity index (χ2n) is 9.11. The molecule has 3 atom stereocenters. The zero-order valence-corrected chi connectivity index (χ0v) is 18.6. The summed E-state index contributed by atoms with van der Waals surface area (Å²) >= 11 is 0. The number of carbonyl (C=O) groups is 1. The smallest absolute Gasteiger partial charge is 0.226 e. The molecule has 1 N–H and O–H groups in total. The van der Waals surface area contributed by atoms with Gasteiger partial charge in [0.05, 0.1) is 13.2 Å². The molecule has 0 radical (unpaired) electrons. The summed E-state index contributed by atoms with van der Waals surface area (Å²) in [6, 6.07) is 18.0. The number of carbonyl (C=O) groups excluding carboxylic acids is 1. The number of amides is 1. The van der Waals surface area contributed by atoms with Gasteiger partial charge in [0, 0.05) is 26.1 Å². The van der Waals surface area contributed by atoms with Crippen LogP contribution in [-0.2, 0) is 4.79 Å². The number of methoxy groups -OCH3 is 1. The first-order chi connectivity index (χ1) is 15.0.